The number of benzene rings is 1. The van der Waals surface area contributed by atoms with E-state index in [-0.39, 0.29) is 6.04 Å². The molecule has 1 unspecified atom stereocenters. The molecule has 1 aromatic carbocycles. The normalized spacial score (nSPS) is 15.1. The Kier molecular flexibility index (Phi) is 4.08. The third-order valence-electron chi connectivity index (χ3n) is 3.79. The topological polar surface area (TPSA) is 35.2 Å². The number of rotatable bonds is 5. The molecule has 0 saturated heterocycles. The van der Waals surface area contributed by atoms with Crippen LogP contribution >= 0.6 is 11.3 Å². The number of aryl methyl sites for hydroxylation is 2. The molecule has 1 atom stereocenters. The van der Waals surface area contributed by atoms with Gasteiger partial charge in [-0.2, -0.15) is 0 Å². The van der Waals surface area contributed by atoms with Crippen LogP contribution in [0.5, 0.6) is 5.75 Å². The molecule has 1 aliphatic rings. The van der Waals surface area contributed by atoms with E-state index in [9.17, 15) is 0 Å². The summed E-state index contributed by atoms with van der Waals surface area (Å²) in [5.41, 5.74) is 9.09. The summed E-state index contributed by atoms with van der Waals surface area (Å²) in [4.78, 5) is 2.80. The minimum atomic E-state index is -0.0707. The third-order valence-corrected chi connectivity index (χ3v) is 5.11. The van der Waals surface area contributed by atoms with Gasteiger partial charge in [0.2, 0.25) is 0 Å². The molecule has 1 aliphatic carbocycles. The third kappa shape index (κ3) is 2.60. The van der Waals surface area contributed by atoms with Gasteiger partial charge in [0.25, 0.3) is 0 Å². The molecule has 0 saturated carbocycles. The Morgan fingerprint density at radius 2 is 2.15 bits per heavy atom. The van der Waals surface area contributed by atoms with Gasteiger partial charge in [-0.1, -0.05) is 25.1 Å². The maximum absolute atomic E-state index is 6.48. The lowest BCUT2D eigenvalue weighted by molar-refractivity contribution is 0.313. The minimum absolute atomic E-state index is 0.0707. The number of nitrogens with two attached hydrogens (primary N) is 1. The Bertz CT molecular complexity index is 569. The largest absolute Gasteiger partial charge is 0.493 e. The van der Waals surface area contributed by atoms with Crippen LogP contribution in [0, 0.1) is 0 Å². The first-order valence-corrected chi connectivity index (χ1v) is 8.20. The Hall–Kier alpha value is -1.32. The van der Waals surface area contributed by atoms with Crippen LogP contribution in [-0.4, -0.2) is 6.61 Å². The summed E-state index contributed by atoms with van der Waals surface area (Å²) in [7, 11) is 0. The number of para-hydroxylation sites is 1. The van der Waals surface area contributed by atoms with Gasteiger partial charge < -0.3 is 10.5 Å². The van der Waals surface area contributed by atoms with E-state index in [1.165, 1.54) is 34.6 Å². The van der Waals surface area contributed by atoms with E-state index < -0.39 is 0 Å². The smallest absolute Gasteiger partial charge is 0.124 e. The highest BCUT2D eigenvalue weighted by atomic mass is 32.1. The van der Waals surface area contributed by atoms with Crippen molar-refractivity contribution in [1.29, 1.82) is 0 Å². The maximum atomic E-state index is 6.48. The fourth-order valence-electron chi connectivity index (χ4n) is 2.74. The van der Waals surface area contributed by atoms with Gasteiger partial charge in [0, 0.05) is 15.3 Å². The zero-order valence-corrected chi connectivity index (χ0v) is 12.7. The Morgan fingerprint density at radius 3 is 2.95 bits per heavy atom. The quantitative estimate of drug-likeness (QED) is 0.899. The van der Waals surface area contributed by atoms with Gasteiger partial charge >= 0.3 is 0 Å². The van der Waals surface area contributed by atoms with Gasteiger partial charge in [-0.05, 0) is 43.4 Å². The van der Waals surface area contributed by atoms with Gasteiger partial charge in [-0.3, -0.25) is 0 Å². The van der Waals surface area contributed by atoms with Gasteiger partial charge in [-0.15, -0.1) is 11.3 Å². The molecule has 106 valence electrons. The fraction of sp³-hybridized carbons (Fsp3) is 0.412. The fourth-order valence-corrected chi connectivity index (χ4v) is 4.02. The first-order valence-electron chi connectivity index (χ1n) is 7.38. The molecule has 0 fully saturated rings. The molecule has 0 radical (unpaired) electrons. The van der Waals surface area contributed by atoms with E-state index in [1.54, 1.807) is 0 Å². The SMILES string of the molecule is CCCOc1ccccc1C(N)c1cc2c(s1)CCC2. The summed E-state index contributed by atoms with van der Waals surface area (Å²) in [6, 6.07) is 10.4. The Labute approximate surface area is 124 Å². The highest BCUT2D eigenvalue weighted by molar-refractivity contribution is 7.12. The molecule has 2 aromatic rings. The van der Waals surface area contributed by atoms with Crippen LogP contribution in [0.25, 0.3) is 0 Å². The van der Waals surface area contributed by atoms with Crippen LogP contribution in [0.15, 0.2) is 30.3 Å². The molecule has 2 nitrogen and oxygen atoms in total. The van der Waals surface area contributed by atoms with Crippen molar-refractivity contribution in [2.24, 2.45) is 5.73 Å². The van der Waals surface area contributed by atoms with E-state index in [0.29, 0.717) is 0 Å². The van der Waals surface area contributed by atoms with Crippen molar-refractivity contribution in [1.82, 2.24) is 0 Å². The molecule has 1 heterocycles. The average Bonchev–Trinajstić information content (AvgIpc) is 3.06. The summed E-state index contributed by atoms with van der Waals surface area (Å²) in [5.74, 6) is 0.926. The second-order valence-corrected chi connectivity index (χ2v) is 6.48. The van der Waals surface area contributed by atoms with Crippen LogP contribution in [0.3, 0.4) is 0 Å². The van der Waals surface area contributed by atoms with Crippen molar-refractivity contribution in [3.05, 3.63) is 51.2 Å². The Morgan fingerprint density at radius 1 is 1.30 bits per heavy atom. The highest BCUT2D eigenvalue weighted by Gasteiger charge is 2.20. The summed E-state index contributed by atoms with van der Waals surface area (Å²) in [6.45, 7) is 2.86. The molecule has 20 heavy (non-hydrogen) atoms. The predicted octanol–water partition coefficient (Wildman–Crippen LogP) is 4.07. The molecule has 0 amide bonds. The summed E-state index contributed by atoms with van der Waals surface area (Å²) < 4.78 is 5.83. The van der Waals surface area contributed by atoms with Crippen LogP contribution in [0.2, 0.25) is 0 Å². The zero-order valence-electron chi connectivity index (χ0n) is 11.9. The van der Waals surface area contributed by atoms with E-state index in [0.717, 1.165) is 24.3 Å². The van der Waals surface area contributed by atoms with E-state index in [1.807, 2.05) is 29.5 Å². The van der Waals surface area contributed by atoms with Crippen molar-refractivity contribution in [2.45, 2.75) is 38.6 Å². The van der Waals surface area contributed by atoms with Crippen LogP contribution in [-0.2, 0) is 12.8 Å². The van der Waals surface area contributed by atoms with Crippen molar-refractivity contribution in [3.8, 4) is 5.75 Å². The van der Waals surface area contributed by atoms with E-state index in [2.05, 4.69) is 19.1 Å². The van der Waals surface area contributed by atoms with Crippen molar-refractivity contribution in [2.75, 3.05) is 6.61 Å². The van der Waals surface area contributed by atoms with Gasteiger partial charge in [-0.25, -0.2) is 0 Å². The number of ether oxygens (including phenoxy) is 1. The average molecular weight is 287 g/mol. The molecular weight excluding hydrogens is 266 g/mol. The number of fused-ring (bicyclic) bond motifs is 1. The van der Waals surface area contributed by atoms with E-state index >= 15 is 0 Å². The monoisotopic (exact) mass is 287 g/mol. The molecule has 1 aromatic heterocycles. The lowest BCUT2D eigenvalue weighted by Crippen LogP contribution is -2.12. The molecule has 0 aliphatic heterocycles. The molecule has 3 rings (SSSR count). The van der Waals surface area contributed by atoms with Crippen LogP contribution in [0.4, 0.5) is 0 Å². The molecule has 0 bridgehead atoms. The first-order chi connectivity index (χ1) is 9.79. The minimum Gasteiger partial charge on any atom is -0.493 e. The highest BCUT2D eigenvalue weighted by Crippen LogP contribution is 2.37. The molecule has 3 heteroatoms. The van der Waals surface area contributed by atoms with Gasteiger partial charge in [0.05, 0.1) is 12.6 Å². The van der Waals surface area contributed by atoms with Gasteiger partial charge in [0.1, 0.15) is 5.75 Å². The second-order valence-electron chi connectivity index (χ2n) is 5.31. The lowest BCUT2D eigenvalue weighted by atomic mass is 10.0. The Balaban J connectivity index is 1.87. The predicted molar refractivity (Wildman–Crippen MR) is 84.6 cm³/mol. The summed E-state index contributed by atoms with van der Waals surface area (Å²) in [6.07, 6.45) is 4.75. The number of thiophene rings is 1. The van der Waals surface area contributed by atoms with Crippen LogP contribution in [0.1, 0.15) is 46.7 Å². The first kappa shape index (κ1) is 13.7. The summed E-state index contributed by atoms with van der Waals surface area (Å²) >= 11 is 1.88. The van der Waals surface area contributed by atoms with E-state index in [4.69, 9.17) is 10.5 Å². The number of hydrogen-bond donors (Lipinski definition) is 1. The maximum Gasteiger partial charge on any atom is 0.124 e. The molecular formula is C17H21NOS. The van der Waals surface area contributed by atoms with Crippen molar-refractivity contribution >= 4 is 11.3 Å². The van der Waals surface area contributed by atoms with Gasteiger partial charge in [0.15, 0.2) is 0 Å². The summed E-state index contributed by atoms with van der Waals surface area (Å²) in [5, 5.41) is 0. The van der Waals surface area contributed by atoms with Crippen molar-refractivity contribution in [3.63, 3.8) is 0 Å². The molecule has 0 spiro atoms. The van der Waals surface area contributed by atoms with Crippen molar-refractivity contribution < 1.29 is 4.74 Å². The molecule has 2 N–H and O–H groups in total. The lowest BCUT2D eigenvalue weighted by Gasteiger charge is -2.15. The van der Waals surface area contributed by atoms with Crippen LogP contribution < -0.4 is 10.5 Å². The number of hydrogen-bond acceptors (Lipinski definition) is 3. The second kappa shape index (κ2) is 5.98. The zero-order chi connectivity index (χ0) is 13.9. The standard InChI is InChI=1S/C17H21NOS/c1-2-10-19-14-8-4-3-7-13(14)17(18)16-11-12-6-5-9-15(12)20-16/h3-4,7-8,11,17H,2,5-6,9-10,18H2,1H3.